The average Bonchev–Trinajstić information content (AvgIpc) is 2.83. The summed E-state index contributed by atoms with van der Waals surface area (Å²) in [5.41, 5.74) is 1.08. The second-order valence-electron chi connectivity index (χ2n) is 5.38. The Morgan fingerprint density at radius 1 is 1.35 bits per heavy atom. The Balaban J connectivity index is 2.17. The van der Waals surface area contributed by atoms with Crippen LogP contribution in [0, 0.1) is 5.41 Å². The minimum Gasteiger partial charge on any atom is -0.465 e. The van der Waals surface area contributed by atoms with Gasteiger partial charge in [-0.3, -0.25) is 9.59 Å². The van der Waals surface area contributed by atoms with E-state index in [2.05, 4.69) is 15.9 Å². The Hall–Kier alpha value is -1.36. The number of rotatable bonds is 3. The molecule has 0 N–H and O–H groups in total. The SMILES string of the molecule is CCOC(=O)C(C)(C)C(=O)N1Cc2cccc(Br)c2C1. The number of carbonyl (C=O) groups excluding carboxylic acids is 2. The van der Waals surface area contributed by atoms with Gasteiger partial charge >= 0.3 is 5.97 Å². The van der Waals surface area contributed by atoms with Crippen LogP contribution in [0.1, 0.15) is 31.9 Å². The summed E-state index contributed by atoms with van der Waals surface area (Å²) < 4.78 is 5.99. The molecule has 0 spiro atoms. The maximum atomic E-state index is 12.6. The van der Waals surface area contributed by atoms with E-state index in [-0.39, 0.29) is 12.5 Å². The fourth-order valence-corrected chi connectivity index (χ4v) is 2.85. The number of benzene rings is 1. The van der Waals surface area contributed by atoms with Crippen molar-refractivity contribution in [3.8, 4) is 0 Å². The molecule has 0 fully saturated rings. The van der Waals surface area contributed by atoms with E-state index in [4.69, 9.17) is 4.74 Å². The van der Waals surface area contributed by atoms with Crippen LogP contribution >= 0.6 is 15.9 Å². The zero-order valence-electron chi connectivity index (χ0n) is 11.9. The third-order valence-electron chi connectivity index (χ3n) is 3.53. The molecule has 0 atom stereocenters. The number of amides is 1. The normalized spacial score (nSPS) is 14.1. The predicted molar refractivity (Wildman–Crippen MR) is 78.8 cm³/mol. The second kappa shape index (κ2) is 5.56. The summed E-state index contributed by atoms with van der Waals surface area (Å²) in [6.07, 6.45) is 0. The molecule has 0 bridgehead atoms. The molecule has 0 aromatic heterocycles. The molecule has 1 aliphatic heterocycles. The maximum Gasteiger partial charge on any atom is 0.321 e. The first kappa shape index (κ1) is 15.0. The van der Waals surface area contributed by atoms with Gasteiger partial charge in [0.25, 0.3) is 0 Å². The average molecular weight is 340 g/mol. The molecule has 5 heteroatoms. The lowest BCUT2D eigenvalue weighted by molar-refractivity contribution is -0.162. The van der Waals surface area contributed by atoms with E-state index in [1.165, 1.54) is 0 Å². The van der Waals surface area contributed by atoms with Crippen LogP contribution < -0.4 is 0 Å². The molecule has 1 aromatic carbocycles. The zero-order valence-corrected chi connectivity index (χ0v) is 13.5. The highest BCUT2D eigenvalue weighted by molar-refractivity contribution is 9.10. The highest BCUT2D eigenvalue weighted by Gasteiger charge is 2.42. The van der Waals surface area contributed by atoms with E-state index in [0.29, 0.717) is 13.1 Å². The van der Waals surface area contributed by atoms with Crippen molar-refractivity contribution in [2.75, 3.05) is 6.61 Å². The van der Waals surface area contributed by atoms with E-state index in [0.717, 1.165) is 15.6 Å². The first-order valence-electron chi connectivity index (χ1n) is 6.60. The van der Waals surface area contributed by atoms with E-state index in [1.54, 1.807) is 25.7 Å². The molecule has 0 saturated heterocycles. The van der Waals surface area contributed by atoms with Gasteiger partial charge in [-0.05, 0) is 38.0 Å². The number of hydrogen-bond acceptors (Lipinski definition) is 3. The molecule has 4 nitrogen and oxygen atoms in total. The third-order valence-corrected chi connectivity index (χ3v) is 4.28. The molecular weight excluding hydrogens is 322 g/mol. The molecule has 2 rings (SSSR count). The van der Waals surface area contributed by atoms with Gasteiger partial charge < -0.3 is 9.64 Å². The molecule has 1 amide bonds. The zero-order chi connectivity index (χ0) is 14.9. The molecule has 0 aliphatic carbocycles. The van der Waals surface area contributed by atoms with E-state index in [9.17, 15) is 9.59 Å². The van der Waals surface area contributed by atoms with Crippen LogP contribution in [0.15, 0.2) is 22.7 Å². The van der Waals surface area contributed by atoms with Crippen molar-refractivity contribution >= 4 is 27.8 Å². The Bertz CT molecular complexity index is 554. The minimum atomic E-state index is -1.15. The van der Waals surface area contributed by atoms with Gasteiger partial charge in [0.2, 0.25) is 5.91 Å². The highest BCUT2D eigenvalue weighted by atomic mass is 79.9. The van der Waals surface area contributed by atoms with Crippen LogP contribution in [0.2, 0.25) is 0 Å². The second-order valence-corrected chi connectivity index (χ2v) is 6.24. The summed E-state index contributed by atoms with van der Waals surface area (Å²) in [5.74, 6) is -0.668. The number of ether oxygens (including phenoxy) is 1. The van der Waals surface area contributed by atoms with Crippen molar-refractivity contribution in [3.63, 3.8) is 0 Å². The maximum absolute atomic E-state index is 12.6. The number of carbonyl (C=O) groups is 2. The lowest BCUT2D eigenvalue weighted by Crippen LogP contribution is -2.43. The van der Waals surface area contributed by atoms with Crippen molar-refractivity contribution in [3.05, 3.63) is 33.8 Å². The van der Waals surface area contributed by atoms with Gasteiger partial charge in [0, 0.05) is 17.6 Å². The van der Waals surface area contributed by atoms with Crippen molar-refractivity contribution in [1.29, 1.82) is 0 Å². The summed E-state index contributed by atoms with van der Waals surface area (Å²) in [6.45, 7) is 6.31. The predicted octanol–water partition coefficient (Wildman–Crippen LogP) is 2.88. The number of halogens is 1. The van der Waals surface area contributed by atoms with Crippen LogP contribution in [0.3, 0.4) is 0 Å². The monoisotopic (exact) mass is 339 g/mol. The molecule has 20 heavy (non-hydrogen) atoms. The summed E-state index contributed by atoms with van der Waals surface area (Å²) in [4.78, 5) is 26.2. The van der Waals surface area contributed by atoms with Crippen LogP contribution in [0.4, 0.5) is 0 Å². The quantitative estimate of drug-likeness (QED) is 0.628. The van der Waals surface area contributed by atoms with Gasteiger partial charge in [-0.2, -0.15) is 0 Å². The Kier molecular flexibility index (Phi) is 4.18. The van der Waals surface area contributed by atoms with Gasteiger partial charge in [-0.1, -0.05) is 28.1 Å². The molecule has 0 saturated carbocycles. The van der Waals surface area contributed by atoms with Gasteiger partial charge in [-0.15, -0.1) is 0 Å². The highest BCUT2D eigenvalue weighted by Crippen LogP contribution is 2.32. The van der Waals surface area contributed by atoms with Gasteiger partial charge in [0.05, 0.1) is 6.61 Å². The summed E-state index contributed by atoms with van der Waals surface area (Å²) in [6, 6.07) is 5.92. The van der Waals surface area contributed by atoms with Crippen molar-refractivity contribution < 1.29 is 14.3 Å². The summed E-state index contributed by atoms with van der Waals surface area (Å²) >= 11 is 3.50. The van der Waals surface area contributed by atoms with Crippen LogP contribution in [0.5, 0.6) is 0 Å². The van der Waals surface area contributed by atoms with Crippen molar-refractivity contribution in [2.45, 2.75) is 33.9 Å². The number of esters is 1. The van der Waals surface area contributed by atoms with Crippen molar-refractivity contribution in [1.82, 2.24) is 4.90 Å². The molecule has 108 valence electrons. The van der Waals surface area contributed by atoms with Gasteiger partial charge in [-0.25, -0.2) is 0 Å². The number of nitrogens with zero attached hydrogens (tertiary/aromatic N) is 1. The van der Waals surface area contributed by atoms with Crippen LogP contribution in [-0.4, -0.2) is 23.4 Å². The smallest absolute Gasteiger partial charge is 0.321 e. The topological polar surface area (TPSA) is 46.6 Å². The number of hydrogen-bond donors (Lipinski definition) is 0. The molecule has 0 radical (unpaired) electrons. The fraction of sp³-hybridized carbons (Fsp3) is 0.467. The van der Waals surface area contributed by atoms with E-state index < -0.39 is 11.4 Å². The van der Waals surface area contributed by atoms with Crippen LogP contribution in [-0.2, 0) is 27.4 Å². The Morgan fingerprint density at radius 3 is 2.65 bits per heavy atom. The van der Waals surface area contributed by atoms with Crippen LogP contribution in [0.25, 0.3) is 0 Å². The summed E-state index contributed by atoms with van der Waals surface area (Å²) in [5, 5.41) is 0. The van der Waals surface area contributed by atoms with Gasteiger partial charge in [0.15, 0.2) is 0 Å². The van der Waals surface area contributed by atoms with E-state index >= 15 is 0 Å². The molecule has 0 unspecified atom stereocenters. The summed E-state index contributed by atoms with van der Waals surface area (Å²) in [7, 11) is 0. The lowest BCUT2D eigenvalue weighted by atomic mass is 9.92. The van der Waals surface area contributed by atoms with Gasteiger partial charge in [0.1, 0.15) is 5.41 Å². The molecule has 1 aliphatic rings. The molecule has 1 aromatic rings. The fourth-order valence-electron chi connectivity index (χ4n) is 2.32. The minimum absolute atomic E-state index is 0.195. The Morgan fingerprint density at radius 2 is 2.05 bits per heavy atom. The largest absolute Gasteiger partial charge is 0.465 e. The first-order chi connectivity index (χ1) is 9.37. The first-order valence-corrected chi connectivity index (χ1v) is 7.40. The Labute approximate surface area is 127 Å². The molecular formula is C15H18BrNO3. The molecule has 1 heterocycles. The van der Waals surface area contributed by atoms with E-state index in [1.807, 2.05) is 18.2 Å². The van der Waals surface area contributed by atoms with Crippen molar-refractivity contribution in [2.24, 2.45) is 5.41 Å². The lowest BCUT2D eigenvalue weighted by Gasteiger charge is -2.27. The standard InChI is InChI=1S/C15H18BrNO3/c1-4-20-14(19)15(2,3)13(18)17-8-10-6-5-7-12(16)11(10)9-17/h5-7H,4,8-9H2,1-3H3. The number of fused-ring (bicyclic) bond motifs is 1. The third kappa shape index (κ3) is 2.59.